The molecular formula is C23H52N4. The minimum Gasteiger partial charge on any atom is -0.330 e. The van der Waals surface area contributed by atoms with Crippen molar-refractivity contribution in [3.63, 3.8) is 0 Å². The fourth-order valence-corrected chi connectivity index (χ4v) is 3.61. The van der Waals surface area contributed by atoms with E-state index in [4.69, 9.17) is 11.5 Å². The molecule has 0 spiro atoms. The van der Waals surface area contributed by atoms with Crippen LogP contribution in [0.2, 0.25) is 0 Å². The summed E-state index contributed by atoms with van der Waals surface area (Å²) in [5.74, 6) is 0. The van der Waals surface area contributed by atoms with Crippen LogP contribution in [0.1, 0.15) is 103 Å². The highest BCUT2D eigenvalue weighted by Gasteiger charge is 2.04. The Bertz CT molecular complexity index is 261. The largest absolute Gasteiger partial charge is 0.330 e. The number of nitrogens with two attached hydrogens (primary N) is 2. The van der Waals surface area contributed by atoms with Crippen LogP contribution in [-0.4, -0.2) is 50.7 Å². The zero-order chi connectivity index (χ0) is 19.8. The normalized spacial score (nSPS) is 11.6. The number of hydrogen-bond acceptors (Lipinski definition) is 4. The highest BCUT2D eigenvalue weighted by molar-refractivity contribution is 4.61. The molecule has 4 heteroatoms. The van der Waals surface area contributed by atoms with Crippen LogP contribution in [0.25, 0.3) is 0 Å². The third kappa shape index (κ3) is 22.0. The third-order valence-electron chi connectivity index (χ3n) is 5.39. The number of nitrogens with zero attached hydrogens (tertiary/aromatic N) is 1. The van der Waals surface area contributed by atoms with Gasteiger partial charge in [-0.1, -0.05) is 77.6 Å². The monoisotopic (exact) mass is 384 g/mol. The zero-order valence-electron chi connectivity index (χ0n) is 18.7. The van der Waals surface area contributed by atoms with Crippen LogP contribution in [0.4, 0.5) is 0 Å². The Morgan fingerprint density at radius 1 is 0.519 bits per heavy atom. The summed E-state index contributed by atoms with van der Waals surface area (Å²) in [4.78, 5) is 2.62. The average Bonchev–Trinajstić information content (AvgIpc) is 2.68. The van der Waals surface area contributed by atoms with Crippen molar-refractivity contribution in [2.75, 3.05) is 45.8 Å². The van der Waals surface area contributed by atoms with Crippen LogP contribution in [0.3, 0.4) is 0 Å². The SMILES string of the molecule is CCCCCCCCCCCCCCN(CCCN)CCCNCCCN. The Kier molecular flexibility index (Phi) is 23.7. The molecule has 0 aromatic carbocycles. The van der Waals surface area contributed by atoms with Crippen LogP contribution in [-0.2, 0) is 0 Å². The van der Waals surface area contributed by atoms with Gasteiger partial charge in [0, 0.05) is 0 Å². The molecule has 0 aliphatic heterocycles. The maximum Gasteiger partial charge on any atom is -0.000663 e. The van der Waals surface area contributed by atoms with Crippen molar-refractivity contribution in [1.29, 1.82) is 0 Å². The van der Waals surface area contributed by atoms with Crippen molar-refractivity contribution in [3.05, 3.63) is 0 Å². The molecule has 0 unspecified atom stereocenters. The van der Waals surface area contributed by atoms with Crippen LogP contribution in [0, 0.1) is 0 Å². The molecule has 0 radical (unpaired) electrons. The maximum absolute atomic E-state index is 5.70. The van der Waals surface area contributed by atoms with Crippen LogP contribution < -0.4 is 16.8 Å². The lowest BCUT2D eigenvalue weighted by Gasteiger charge is -2.22. The van der Waals surface area contributed by atoms with Gasteiger partial charge < -0.3 is 21.7 Å². The molecule has 0 aromatic rings. The molecule has 0 heterocycles. The van der Waals surface area contributed by atoms with Crippen LogP contribution in [0.15, 0.2) is 0 Å². The van der Waals surface area contributed by atoms with Crippen molar-refractivity contribution in [2.45, 2.75) is 103 Å². The van der Waals surface area contributed by atoms with Gasteiger partial charge in [0.15, 0.2) is 0 Å². The minimum absolute atomic E-state index is 0.786. The lowest BCUT2D eigenvalue weighted by molar-refractivity contribution is 0.260. The summed E-state index contributed by atoms with van der Waals surface area (Å²) in [7, 11) is 0. The van der Waals surface area contributed by atoms with E-state index in [1.807, 2.05) is 0 Å². The van der Waals surface area contributed by atoms with E-state index in [1.54, 1.807) is 0 Å². The first kappa shape index (κ1) is 26.8. The number of nitrogens with one attached hydrogen (secondary N) is 1. The molecule has 5 N–H and O–H groups in total. The van der Waals surface area contributed by atoms with Gasteiger partial charge in [-0.05, 0) is 71.5 Å². The molecule has 0 bridgehead atoms. The predicted molar refractivity (Wildman–Crippen MR) is 122 cm³/mol. The molecule has 0 aliphatic carbocycles. The van der Waals surface area contributed by atoms with Gasteiger partial charge >= 0.3 is 0 Å². The van der Waals surface area contributed by atoms with Gasteiger partial charge in [0.25, 0.3) is 0 Å². The summed E-state index contributed by atoms with van der Waals surface area (Å²) < 4.78 is 0. The van der Waals surface area contributed by atoms with Gasteiger partial charge in [0.2, 0.25) is 0 Å². The van der Waals surface area contributed by atoms with E-state index in [1.165, 1.54) is 96.6 Å². The van der Waals surface area contributed by atoms with Gasteiger partial charge in [-0.3, -0.25) is 0 Å². The predicted octanol–water partition coefficient (Wildman–Crippen LogP) is 4.67. The lowest BCUT2D eigenvalue weighted by atomic mass is 10.1. The second-order valence-corrected chi connectivity index (χ2v) is 8.12. The molecule has 0 fully saturated rings. The topological polar surface area (TPSA) is 67.3 Å². The lowest BCUT2D eigenvalue weighted by Crippen LogP contribution is -2.31. The Hall–Kier alpha value is -0.160. The first-order valence-corrected chi connectivity index (χ1v) is 12.2. The summed E-state index contributed by atoms with van der Waals surface area (Å²) >= 11 is 0. The summed E-state index contributed by atoms with van der Waals surface area (Å²) in [5, 5.41) is 3.48. The number of unbranched alkanes of at least 4 members (excludes halogenated alkanes) is 11. The molecule has 0 aromatic heterocycles. The van der Waals surface area contributed by atoms with Crippen molar-refractivity contribution >= 4 is 0 Å². The average molecular weight is 385 g/mol. The first-order chi connectivity index (χ1) is 13.3. The quantitative estimate of drug-likeness (QED) is 0.224. The standard InChI is InChI=1S/C23H52N4/c1-2-3-4-5-6-7-8-9-10-11-12-13-21-27(22-15-18-25)23-16-20-26-19-14-17-24/h26H,2-25H2,1H3. The molecule has 0 saturated carbocycles. The second-order valence-electron chi connectivity index (χ2n) is 8.12. The molecule has 0 aliphatic rings. The van der Waals surface area contributed by atoms with E-state index in [-0.39, 0.29) is 0 Å². The number of rotatable bonds is 23. The van der Waals surface area contributed by atoms with Crippen molar-refractivity contribution < 1.29 is 0 Å². The molecule has 4 nitrogen and oxygen atoms in total. The van der Waals surface area contributed by atoms with E-state index in [0.717, 1.165) is 45.6 Å². The van der Waals surface area contributed by atoms with E-state index >= 15 is 0 Å². The molecule has 0 saturated heterocycles. The minimum atomic E-state index is 0.786. The van der Waals surface area contributed by atoms with Gasteiger partial charge in [-0.25, -0.2) is 0 Å². The summed E-state index contributed by atoms with van der Waals surface area (Å²) in [5.41, 5.74) is 11.2. The van der Waals surface area contributed by atoms with E-state index in [2.05, 4.69) is 17.1 Å². The van der Waals surface area contributed by atoms with Crippen molar-refractivity contribution in [1.82, 2.24) is 10.2 Å². The molecule has 0 rings (SSSR count). The Morgan fingerprint density at radius 3 is 1.52 bits per heavy atom. The maximum atomic E-state index is 5.70. The van der Waals surface area contributed by atoms with Gasteiger partial charge in [-0.15, -0.1) is 0 Å². The molecular weight excluding hydrogens is 332 g/mol. The van der Waals surface area contributed by atoms with Gasteiger partial charge in [0.1, 0.15) is 0 Å². The smallest absolute Gasteiger partial charge is 0.000663 e. The summed E-state index contributed by atoms with van der Waals surface area (Å²) in [6, 6.07) is 0. The van der Waals surface area contributed by atoms with Crippen molar-refractivity contribution in [2.24, 2.45) is 11.5 Å². The van der Waals surface area contributed by atoms with Crippen LogP contribution in [0.5, 0.6) is 0 Å². The van der Waals surface area contributed by atoms with Gasteiger partial charge in [0.05, 0.1) is 0 Å². The Morgan fingerprint density at radius 2 is 0.963 bits per heavy atom. The van der Waals surface area contributed by atoms with Crippen LogP contribution >= 0.6 is 0 Å². The third-order valence-corrected chi connectivity index (χ3v) is 5.39. The highest BCUT2D eigenvalue weighted by atomic mass is 15.1. The molecule has 27 heavy (non-hydrogen) atoms. The fraction of sp³-hybridized carbons (Fsp3) is 1.00. The highest BCUT2D eigenvalue weighted by Crippen LogP contribution is 2.12. The van der Waals surface area contributed by atoms with E-state index in [0.29, 0.717) is 0 Å². The summed E-state index contributed by atoms with van der Waals surface area (Å²) in [6.07, 6.45) is 20.5. The number of hydrogen-bond donors (Lipinski definition) is 3. The van der Waals surface area contributed by atoms with E-state index in [9.17, 15) is 0 Å². The summed E-state index contributed by atoms with van der Waals surface area (Å²) in [6.45, 7) is 9.67. The first-order valence-electron chi connectivity index (χ1n) is 12.2. The van der Waals surface area contributed by atoms with Gasteiger partial charge in [-0.2, -0.15) is 0 Å². The Balaban J connectivity index is 3.47. The zero-order valence-corrected chi connectivity index (χ0v) is 18.7. The van der Waals surface area contributed by atoms with Crippen molar-refractivity contribution in [3.8, 4) is 0 Å². The molecule has 0 amide bonds. The molecule has 0 atom stereocenters. The van der Waals surface area contributed by atoms with E-state index < -0.39 is 0 Å². The molecule has 164 valence electrons. The fourth-order valence-electron chi connectivity index (χ4n) is 3.61. The Labute approximate surface area is 171 Å². The second kappa shape index (κ2) is 23.9.